The van der Waals surface area contributed by atoms with Gasteiger partial charge in [-0.2, -0.15) is 0 Å². The van der Waals surface area contributed by atoms with Crippen molar-refractivity contribution in [1.82, 2.24) is 4.98 Å². The molecule has 0 aliphatic heterocycles. The first kappa shape index (κ1) is 9.71. The number of aryl methyl sites for hydroxylation is 1. The maximum Gasteiger partial charge on any atom is 0.336 e. The first-order valence-electron chi connectivity index (χ1n) is 4.66. The van der Waals surface area contributed by atoms with Crippen LogP contribution in [0, 0.1) is 6.92 Å². The monoisotopic (exact) mass is 204 g/mol. The summed E-state index contributed by atoms with van der Waals surface area (Å²) < 4.78 is 4.68. The molecule has 78 valence electrons. The summed E-state index contributed by atoms with van der Waals surface area (Å²) in [6.07, 6.45) is 4.00. The second-order valence-corrected chi connectivity index (χ2v) is 3.55. The van der Waals surface area contributed by atoms with Crippen LogP contribution in [0.15, 0.2) is 18.0 Å². The number of aromatic nitrogens is 1. The van der Waals surface area contributed by atoms with Gasteiger partial charge in [-0.1, -0.05) is 0 Å². The second kappa shape index (κ2) is 3.38. The predicted molar refractivity (Wildman–Crippen MR) is 55.8 cm³/mol. The van der Waals surface area contributed by atoms with Gasteiger partial charge in [0.1, 0.15) is 0 Å². The molecule has 1 aromatic rings. The second-order valence-electron chi connectivity index (χ2n) is 3.55. The third-order valence-corrected chi connectivity index (χ3v) is 2.61. The highest BCUT2D eigenvalue weighted by Gasteiger charge is 2.26. The number of fused-ring (bicyclic) bond motifs is 1. The third-order valence-electron chi connectivity index (χ3n) is 2.61. The van der Waals surface area contributed by atoms with E-state index < -0.39 is 0 Å². The fourth-order valence-electron chi connectivity index (χ4n) is 1.88. The molecule has 0 bridgehead atoms. The van der Waals surface area contributed by atoms with Gasteiger partial charge in [0.25, 0.3) is 0 Å². The lowest BCUT2D eigenvalue weighted by Crippen LogP contribution is -2.08. The first-order valence-corrected chi connectivity index (χ1v) is 4.66. The molecule has 0 saturated carbocycles. The Morgan fingerprint density at radius 2 is 2.27 bits per heavy atom. The van der Waals surface area contributed by atoms with E-state index in [4.69, 9.17) is 5.73 Å². The number of pyridine rings is 1. The van der Waals surface area contributed by atoms with Gasteiger partial charge in [0.15, 0.2) is 0 Å². The highest BCUT2D eigenvalue weighted by Crippen LogP contribution is 2.31. The summed E-state index contributed by atoms with van der Waals surface area (Å²) in [5.74, 6) is -0.358. The van der Waals surface area contributed by atoms with Gasteiger partial charge in [-0.05, 0) is 18.1 Å². The van der Waals surface area contributed by atoms with Gasteiger partial charge in [-0.25, -0.2) is 4.79 Å². The van der Waals surface area contributed by atoms with Crippen LogP contribution in [0.3, 0.4) is 0 Å². The van der Waals surface area contributed by atoms with Crippen LogP contribution in [0.4, 0.5) is 0 Å². The number of hydrogen-bond donors (Lipinski definition) is 1. The molecule has 2 rings (SSSR count). The van der Waals surface area contributed by atoms with Crippen LogP contribution in [-0.4, -0.2) is 18.1 Å². The van der Waals surface area contributed by atoms with Crippen molar-refractivity contribution in [3.8, 4) is 0 Å². The Kier molecular flexibility index (Phi) is 2.19. The summed E-state index contributed by atoms with van der Waals surface area (Å²) in [7, 11) is 1.36. The number of esters is 1. The molecule has 4 nitrogen and oxygen atoms in total. The van der Waals surface area contributed by atoms with Crippen molar-refractivity contribution in [2.45, 2.75) is 13.3 Å². The van der Waals surface area contributed by atoms with Crippen molar-refractivity contribution in [2.75, 3.05) is 7.11 Å². The average molecular weight is 204 g/mol. The average Bonchev–Trinajstić information content (AvgIpc) is 2.56. The molecule has 1 aromatic heterocycles. The van der Waals surface area contributed by atoms with E-state index in [2.05, 4.69) is 9.72 Å². The van der Waals surface area contributed by atoms with E-state index in [1.54, 1.807) is 12.4 Å². The minimum atomic E-state index is -0.358. The number of carbonyl (C=O) groups excluding carboxylic acids is 1. The molecule has 0 fully saturated rings. The first-order chi connectivity index (χ1) is 7.15. The number of rotatable bonds is 1. The van der Waals surface area contributed by atoms with Gasteiger partial charge in [-0.15, -0.1) is 0 Å². The van der Waals surface area contributed by atoms with Crippen molar-refractivity contribution in [3.63, 3.8) is 0 Å². The number of nitrogens with two attached hydrogens (primary N) is 1. The zero-order valence-electron chi connectivity index (χ0n) is 8.70. The molecule has 15 heavy (non-hydrogen) atoms. The normalized spacial score (nSPS) is 14.0. The summed E-state index contributed by atoms with van der Waals surface area (Å²) >= 11 is 0. The molecule has 0 atom stereocenters. The van der Waals surface area contributed by atoms with Crippen LogP contribution >= 0.6 is 0 Å². The fourth-order valence-corrected chi connectivity index (χ4v) is 1.88. The number of carbonyl (C=O) groups is 1. The Balaban J connectivity index is 2.52. The van der Waals surface area contributed by atoms with E-state index in [1.165, 1.54) is 7.11 Å². The van der Waals surface area contributed by atoms with Gasteiger partial charge in [0.05, 0.1) is 18.4 Å². The van der Waals surface area contributed by atoms with E-state index in [-0.39, 0.29) is 5.97 Å². The molecule has 4 heteroatoms. The van der Waals surface area contributed by atoms with Gasteiger partial charge in [-0.3, -0.25) is 4.98 Å². The highest BCUT2D eigenvalue weighted by molar-refractivity contribution is 6.00. The molecule has 0 aromatic carbocycles. The Labute approximate surface area is 87.8 Å². The maximum absolute atomic E-state index is 11.4. The molecule has 1 heterocycles. The van der Waals surface area contributed by atoms with Gasteiger partial charge >= 0.3 is 5.97 Å². The zero-order valence-corrected chi connectivity index (χ0v) is 8.70. The van der Waals surface area contributed by atoms with Crippen molar-refractivity contribution < 1.29 is 9.53 Å². The SMILES string of the molecule is COC(=O)C1=C(N)c2c(C)cncc2C1. The van der Waals surface area contributed by atoms with E-state index in [9.17, 15) is 4.79 Å². The number of ether oxygens (including phenoxy) is 1. The molecule has 2 N–H and O–H groups in total. The smallest absolute Gasteiger partial charge is 0.336 e. The molecule has 0 radical (unpaired) electrons. The van der Waals surface area contributed by atoms with Crippen molar-refractivity contribution in [1.29, 1.82) is 0 Å². The summed E-state index contributed by atoms with van der Waals surface area (Å²) in [5.41, 5.74) is 9.89. The summed E-state index contributed by atoms with van der Waals surface area (Å²) in [6, 6.07) is 0. The Morgan fingerprint density at radius 3 is 2.87 bits per heavy atom. The fraction of sp³-hybridized carbons (Fsp3) is 0.273. The summed E-state index contributed by atoms with van der Waals surface area (Å²) in [5, 5.41) is 0. The Hall–Kier alpha value is -1.84. The van der Waals surface area contributed by atoms with Gasteiger partial charge in [0.2, 0.25) is 0 Å². The third kappa shape index (κ3) is 1.38. The number of methoxy groups -OCH3 is 1. The molecular weight excluding hydrogens is 192 g/mol. The van der Waals surface area contributed by atoms with Crippen LogP contribution in [0.1, 0.15) is 16.7 Å². The molecular formula is C11H12N2O2. The largest absolute Gasteiger partial charge is 0.466 e. The Morgan fingerprint density at radius 1 is 1.53 bits per heavy atom. The zero-order chi connectivity index (χ0) is 11.0. The van der Waals surface area contributed by atoms with E-state index >= 15 is 0 Å². The van der Waals surface area contributed by atoms with Crippen molar-refractivity contribution >= 4 is 11.7 Å². The summed E-state index contributed by atoms with van der Waals surface area (Å²) in [4.78, 5) is 15.5. The molecule has 0 unspecified atom stereocenters. The lowest BCUT2D eigenvalue weighted by atomic mass is 10.1. The quantitative estimate of drug-likeness (QED) is 0.687. The van der Waals surface area contributed by atoms with Crippen LogP contribution in [0.5, 0.6) is 0 Å². The maximum atomic E-state index is 11.4. The predicted octanol–water partition coefficient (Wildman–Crippen LogP) is 0.789. The van der Waals surface area contributed by atoms with Crippen LogP contribution in [-0.2, 0) is 16.0 Å². The molecule has 0 saturated heterocycles. The van der Waals surface area contributed by atoms with Crippen LogP contribution in [0.2, 0.25) is 0 Å². The van der Waals surface area contributed by atoms with Crippen LogP contribution in [0.25, 0.3) is 5.70 Å². The molecule has 0 spiro atoms. The summed E-state index contributed by atoms with van der Waals surface area (Å²) in [6.45, 7) is 1.93. The molecule has 1 aliphatic carbocycles. The molecule has 1 aliphatic rings. The van der Waals surface area contributed by atoms with Crippen molar-refractivity contribution in [2.24, 2.45) is 5.73 Å². The van der Waals surface area contributed by atoms with Crippen LogP contribution < -0.4 is 5.73 Å². The number of nitrogens with zero attached hydrogens (tertiary/aromatic N) is 1. The van der Waals surface area contributed by atoms with E-state index in [0.717, 1.165) is 16.7 Å². The standard InChI is InChI=1S/C11H12N2O2/c1-6-4-13-5-7-3-8(11(14)15-2)10(12)9(6)7/h4-5H,3,12H2,1-2H3. The van der Waals surface area contributed by atoms with Gasteiger partial charge in [0, 0.05) is 24.4 Å². The minimum Gasteiger partial charge on any atom is -0.466 e. The van der Waals surface area contributed by atoms with E-state index in [0.29, 0.717) is 17.7 Å². The lowest BCUT2D eigenvalue weighted by Gasteiger charge is -2.03. The molecule has 0 amide bonds. The van der Waals surface area contributed by atoms with E-state index in [1.807, 2.05) is 6.92 Å². The number of hydrogen-bond acceptors (Lipinski definition) is 4. The highest BCUT2D eigenvalue weighted by atomic mass is 16.5. The minimum absolute atomic E-state index is 0.358. The lowest BCUT2D eigenvalue weighted by molar-refractivity contribution is -0.136. The Bertz CT molecular complexity index is 464. The van der Waals surface area contributed by atoms with Crippen molar-refractivity contribution in [3.05, 3.63) is 34.7 Å². The topological polar surface area (TPSA) is 65.2 Å². The van der Waals surface area contributed by atoms with Gasteiger partial charge < -0.3 is 10.5 Å².